The number of piperidine rings is 1. The molecule has 1 amide bonds. The highest BCUT2D eigenvalue weighted by molar-refractivity contribution is 6.33. The van der Waals surface area contributed by atoms with Crippen molar-refractivity contribution in [3.05, 3.63) is 22.8 Å². The van der Waals surface area contributed by atoms with Gasteiger partial charge in [0.1, 0.15) is 5.82 Å². The smallest absolute Gasteiger partial charge is 0.255 e. The van der Waals surface area contributed by atoms with E-state index in [9.17, 15) is 4.79 Å². The van der Waals surface area contributed by atoms with Gasteiger partial charge in [-0.1, -0.05) is 11.6 Å². The Labute approximate surface area is 149 Å². The first-order valence-electron chi connectivity index (χ1n) is 8.91. The monoisotopic (exact) mass is 350 g/mol. The zero-order valence-corrected chi connectivity index (χ0v) is 15.4. The van der Waals surface area contributed by atoms with E-state index >= 15 is 0 Å². The summed E-state index contributed by atoms with van der Waals surface area (Å²) in [6.07, 6.45) is 7.62. The summed E-state index contributed by atoms with van der Waals surface area (Å²) in [6.45, 7) is 2.49. The third-order valence-electron chi connectivity index (χ3n) is 5.04. The second-order valence-electron chi connectivity index (χ2n) is 7.16. The molecule has 1 saturated carbocycles. The first-order chi connectivity index (χ1) is 11.6. The summed E-state index contributed by atoms with van der Waals surface area (Å²) in [5.74, 6) is 1.48. The van der Waals surface area contributed by atoms with Crippen LogP contribution in [0, 0.1) is 5.92 Å². The number of carbonyl (C=O) groups excluding carboxylic acids is 1. The molecular formula is C18H27ClN4O. The van der Waals surface area contributed by atoms with Gasteiger partial charge in [0.05, 0.1) is 10.6 Å². The number of likely N-dealkylation sites (N-methyl/N-ethyl adjacent to an activating group) is 1. The molecule has 1 aromatic rings. The Morgan fingerprint density at radius 3 is 2.67 bits per heavy atom. The SMILES string of the molecule is CN(C)C(CNc1ncc(C(=O)N2CCCCC2)cc1Cl)C1CC1. The highest BCUT2D eigenvalue weighted by Crippen LogP contribution is 2.35. The number of nitrogens with one attached hydrogen (secondary N) is 1. The Balaban J connectivity index is 1.62. The molecule has 0 spiro atoms. The summed E-state index contributed by atoms with van der Waals surface area (Å²) in [5.41, 5.74) is 0.582. The van der Waals surface area contributed by atoms with E-state index in [1.165, 1.54) is 19.3 Å². The van der Waals surface area contributed by atoms with Crippen molar-refractivity contribution in [3.8, 4) is 0 Å². The minimum absolute atomic E-state index is 0.0415. The Morgan fingerprint density at radius 1 is 1.38 bits per heavy atom. The number of aromatic nitrogens is 1. The summed E-state index contributed by atoms with van der Waals surface area (Å²) in [5, 5.41) is 3.87. The van der Waals surface area contributed by atoms with E-state index in [1.807, 2.05) is 4.90 Å². The van der Waals surface area contributed by atoms with Crippen LogP contribution in [-0.4, -0.2) is 60.5 Å². The molecule has 2 aliphatic rings. The largest absolute Gasteiger partial charge is 0.367 e. The molecule has 1 aliphatic heterocycles. The summed E-state index contributed by atoms with van der Waals surface area (Å²) in [4.78, 5) is 21.1. The second-order valence-corrected chi connectivity index (χ2v) is 7.56. The quantitative estimate of drug-likeness (QED) is 0.856. The zero-order valence-electron chi connectivity index (χ0n) is 14.6. The van der Waals surface area contributed by atoms with Gasteiger partial charge in [0.15, 0.2) is 0 Å². The molecule has 1 N–H and O–H groups in total. The number of anilines is 1. The van der Waals surface area contributed by atoms with Crippen molar-refractivity contribution >= 4 is 23.3 Å². The lowest BCUT2D eigenvalue weighted by molar-refractivity contribution is 0.0724. The first kappa shape index (κ1) is 17.5. The average molecular weight is 351 g/mol. The van der Waals surface area contributed by atoms with Gasteiger partial charge in [-0.3, -0.25) is 4.79 Å². The molecule has 24 heavy (non-hydrogen) atoms. The predicted octanol–water partition coefficient (Wildman–Crippen LogP) is 3.11. The van der Waals surface area contributed by atoms with Gasteiger partial charge in [-0.25, -0.2) is 4.98 Å². The van der Waals surface area contributed by atoms with Crippen LogP contribution in [0.3, 0.4) is 0 Å². The van der Waals surface area contributed by atoms with Gasteiger partial charge in [-0.15, -0.1) is 0 Å². The zero-order chi connectivity index (χ0) is 17.1. The van der Waals surface area contributed by atoms with Crippen LogP contribution in [0.2, 0.25) is 5.02 Å². The van der Waals surface area contributed by atoms with Crippen molar-refractivity contribution < 1.29 is 4.79 Å². The maximum atomic E-state index is 12.5. The molecule has 132 valence electrons. The molecule has 1 atom stereocenters. The van der Waals surface area contributed by atoms with Crippen LogP contribution in [0.5, 0.6) is 0 Å². The number of rotatable bonds is 6. The lowest BCUT2D eigenvalue weighted by atomic mass is 10.1. The van der Waals surface area contributed by atoms with Gasteiger partial charge < -0.3 is 15.1 Å². The normalized spacial score (nSPS) is 19.4. The van der Waals surface area contributed by atoms with Crippen LogP contribution in [0.4, 0.5) is 5.82 Å². The molecule has 0 aromatic carbocycles. The van der Waals surface area contributed by atoms with Crippen molar-refractivity contribution in [2.75, 3.05) is 39.0 Å². The van der Waals surface area contributed by atoms with Crippen LogP contribution < -0.4 is 5.32 Å². The van der Waals surface area contributed by atoms with Gasteiger partial charge in [0.2, 0.25) is 0 Å². The fourth-order valence-corrected chi connectivity index (χ4v) is 3.65. The summed E-state index contributed by atoms with van der Waals surface area (Å²) >= 11 is 6.36. The maximum Gasteiger partial charge on any atom is 0.255 e. The molecule has 5 nitrogen and oxygen atoms in total. The number of halogens is 1. The van der Waals surface area contributed by atoms with Crippen LogP contribution in [0.15, 0.2) is 12.3 Å². The van der Waals surface area contributed by atoms with Gasteiger partial charge >= 0.3 is 0 Å². The number of carbonyl (C=O) groups is 1. The molecule has 1 aromatic heterocycles. The van der Waals surface area contributed by atoms with Gasteiger partial charge in [-0.2, -0.15) is 0 Å². The lowest BCUT2D eigenvalue weighted by Crippen LogP contribution is -2.36. The Bertz CT molecular complexity index is 580. The van der Waals surface area contributed by atoms with Crippen molar-refractivity contribution in [1.82, 2.24) is 14.8 Å². The number of pyridine rings is 1. The van der Waals surface area contributed by atoms with Crippen molar-refractivity contribution in [1.29, 1.82) is 0 Å². The standard InChI is InChI=1S/C18H27ClN4O/c1-22(2)16(13-6-7-13)12-21-17-15(19)10-14(11-20-17)18(24)23-8-4-3-5-9-23/h10-11,13,16H,3-9,12H2,1-2H3,(H,20,21). The summed E-state index contributed by atoms with van der Waals surface area (Å²) in [7, 11) is 4.22. The van der Waals surface area contributed by atoms with Gasteiger partial charge in [0.25, 0.3) is 5.91 Å². The number of hydrogen-bond acceptors (Lipinski definition) is 4. The third kappa shape index (κ3) is 4.19. The summed E-state index contributed by atoms with van der Waals surface area (Å²) < 4.78 is 0. The van der Waals surface area contributed by atoms with E-state index in [4.69, 9.17) is 11.6 Å². The van der Waals surface area contributed by atoms with E-state index in [2.05, 4.69) is 29.3 Å². The first-order valence-corrected chi connectivity index (χ1v) is 9.29. The van der Waals surface area contributed by atoms with Crippen LogP contribution in [0.1, 0.15) is 42.5 Å². The van der Waals surface area contributed by atoms with Crippen molar-refractivity contribution in [2.45, 2.75) is 38.1 Å². The molecule has 1 unspecified atom stereocenters. The second kappa shape index (κ2) is 7.70. The van der Waals surface area contributed by atoms with E-state index in [1.54, 1.807) is 12.3 Å². The minimum atomic E-state index is 0.0415. The Hall–Kier alpha value is -1.33. The highest BCUT2D eigenvalue weighted by Gasteiger charge is 2.32. The molecular weight excluding hydrogens is 324 g/mol. The van der Waals surface area contributed by atoms with Crippen LogP contribution >= 0.6 is 11.6 Å². The lowest BCUT2D eigenvalue weighted by Gasteiger charge is -2.27. The summed E-state index contributed by atoms with van der Waals surface area (Å²) in [6, 6.07) is 2.24. The Kier molecular flexibility index (Phi) is 5.61. The van der Waals surface area contributed by atoms with E-state index < -0.39 is 0 Å². The van der Waals surface area contributed by atoms with Crippen molar-refractivity contribution in [3.63, 3.8) is 0 Å². The van der Waals surface area contributed by atoms with E-state index in [0.29, 0.717) is 22.4 Å². The molecule has 0 bridgehead atoms. The molecule has 1 saturated heterocycles. The van der Waals surface area contributed by atoms with Crippen molar-refractivity contribution in [2.24, 2.45) is 5.92 Å². The number of amides is 1. The topological polar surface area (TPSA) is 48.5 Å². The third-order valence-corrected chi connectivity index (χ3v) is 5.33. The highest BCUT2D eigenvalue weighted by atomic mass is 35.5. The predicted molar refractivity (Wildman–Crippen MR) is 97.7 cm³/mol. The van der Waals surface area contributed by atoms with Crippen LogP contribution in [0.25, 0.3) is 0 Å². The number of likely N-dealkylation sites (tertiary alicyclic amines) is 1. The molecule has 2 heterocycles. The number of nitrogens with zero attached hydrogens (tertiary/aromatic N) is 3. The number of hydrogen-bond donors (Lipinski definition) is 1. The van der Waals surface area contributed by atoms with Gasteiger partial charge in [-0.05, 0) is 58.2 Å². The Morgan fingerprint density at radius 2 is 2.08 bits per heavy atom. The molecule has 3 rings (SSSR count). The fourth-order valence-electron chi connectivity index (χ4n) is 3.42. The van der Waals surface area contributed by atoms with E-state index in [-0.39, 0.29) is 5.91 Å². The molecule has 2 fully saturated rings. The minimum Gasteiger partial charge on any atom is -0.367 e. The van der Waals surface area contributed by atoms with Gasteiger partial charge in [0, 0.05) is 31.9 Å². The van der Waals surface area contributed by atoms with E-state index in [0.717, 1.165) is 38.4 Å². The molecule has 1 aliphatic carbocycles. The fraction of sp³-hybridized carbons (Fsp3) is 0.667. The van der Waals surface area contributed by atoms with Crippen LogP contribution in [-0.2, 0) is 0 Å². The molecule has 6 heteroatoms. The maximum absolute atomic E-state index is 12.5. The molecule has 0 radical (unpaired) electrons. The average Bonchev–Trinajstić information content (AvgIpc) is 3.41.